The van der Waals surface area contributed by atoms with Crippen LogP contribution < -0.4 is 0 Å². The van der Waals surface area contributed by atoms with Crippen molar-refractivity contribution in [1.82, 2.24) is 4.57 Å². The molecule has 0 bridgehead atoms. The van der Waals surface area contributed by atoms with Gasteiger partial charge in [-0.25, -0.2) is 0 Å². The van der Waals surface area contributed by atoms with Gasteiger partial charge in [0.2, 0.25) is 0 Å². The largest absolute Gasteiger partial charge is 0.309 e. The van der Waals surface area contributed by atoms with Gasteiger partial charge in [0.1, 0.15) is 0 Å². The van der Waals surface area contributed by atoms with Gasteiger partial charge in [-0.1, -0.05) is 115 Å². The predicted molar refractivity (Wildman–Crippen MR) is 184 cm³/mol. The van der Waals surface area contributed by atoms with E-state index in [9.17, 15) is 0 Å². The number of rotatable bonds is 3. The van der Waals surface area contributed by atoms with Crippen LogP contribution in [0.2, 0.25) is 0 Å². The maximum Gasteiger partial charge on any atom is 0.0547 e. The van der Waals surface area contributed by atoms with E-state index in [2.05, 4.69) is 168 Å². The van der Waals surface area contributed by atoms with Crippen LogP contribution in [0.3, 0.4) is 0 Å². The molecule has 0 aliphatic heterocycles. The van der Waals surface area contributed by atoms with Crippen LogP contribution in [0.15, 0.2) is 164 Å². The smallest absolute Gasteiger partial charge is 0.0547 e. The average molecular weight is 546 g/mol. The summed E-state index contributed by atoms with van der Waals surface area (Å²) in [4.78, 5) is 0. The molecule has 9 rings (SSSR count). The Morgan fingerprint density at radius 3 is 1.58 bits per heavy atom. The molecule has 43 heavy (non-hydrogen) atoms. The summed E-state index contributed by atoms with van der Waals surface area (Å²) in [6, 6.07) is 59.8. The van der Waals surface area contributed by atoms with Crippen LogP contribution in [0.5, 0.6) is 0 Å². The molecule has 9 aromatic rings. The molecule has 0 aliphatic carbocycles. The molecular weight excluding hydrogens is 518 g/mol. The summed E-state index contributed by atoms with van der Waals surface area (Å²) in [7, 11) is 0. The minimum absolute atomic E-state index is 1.18. The Labute approximate surface area is 249 Å². The first-order valence-corrected chi connectivity index (χ1v) is 14.8. The molecule has 0 atom stereocenters. The third kappa shape index (κ3) is 3.86. The van der Waals surface area contributed by atoms with Gasteiger partial charge < -0.3 is 4.57 Å². The van der Waals surface area contributed by atoms with Crippen molar-refractivity contribution in [2.45, 2.75) is 0 Å². The zero-order valence-corrected chi connectivity index (χ0v) is 23.5. The molecular formula is C42H27N. The summed E-state index contributed by atoms with van der Waals surface area (Å²) in [6.45, 7) is 0. The maximum absolute atomic E-state index is 2.38. The first-order valence-electron chi connectivity index (χ1n) is 14.8. The second-order valence-electron chi connectivity index (χ2n) is 11.4. The van der Waals surface area contributed by atoms with Gasteiger partial charge in [-0.3, -0.25) is 0 Å². The summed E-state index contributed by atoms with van der Waals surface area (Å²) in [5.74, 6) is 0. The van der Waals surface area contributed by atoms with Crippen molar-refractivity contribution in [2.75, 3.05) is 0 Å². The van der Waals surface area contributed by atoms with Crippen LogP contribution >= 0.6 is 0 Å². The molecule has 200 valence electrons. The fourth-order valence-electron chi connectivity index (χ4n) is 6.81. The summed E-state index contributed by atoms with van der Waals surface area (Å²) in [6.07, 6.45) is 0. The molecule has 0 spiro atoms. The highest BCUT2D eigenvalue weighted by molar-refractivity contribution is 6.21. The highest BCUT2D eigenvalue weighted by Crippen LogP contribution is 2.38. The molecule has 0 saturated carbocycles. The van der Waals surface area contributed by atoms with Crippen molar-refractivity contribution < 1.29 is 0 Å². The van der Waals surface area contributed by atoms with Crippen LogP contribution in [-0.2, 0) is 0 Å². The molecule has 0 radical (unpaired) electrons. The van der Waals surface area contributed by atoms with Gasteiger partial charge in [0, 0.05) is 16.5 Å². The lowest BCUT2D eigenvalue weighted by Gasteiger charge is -2.10. The number of benzene rings is 8. The molecule has 0 aliphatic rings. The highest BCUT2D eigenvalue weighted by Gasteiger charge is 2.15. The minimum Gasteiger partial charge on any atom is -0.309 e. The Kier molecular flexibility index (Phi) is 5.27. The van der Waals surface area contributed by atoms with E-state index < -0.39 is 0 Å². The fourth-order valence-corrected chi connectivity index (χ4v) is 6.81. The third-order valence-corrected chi connectivity index (χ3v) is 8.92. The Hall–Kier alpha value is -5.66. The number of fused-ring (bicyclic) bond motifs is 7. The number of nitrogens with zero attached hydrogens (tertiary/aromatic N) is 1. The topological polar surface area (TPSA) is 4.93 Å². The third-order valence-electron chi connectivity index (χ3n) is 8.92. The van der Waals surface area contributed by atoms with Gasteiger partial charge in [-0.15, -0.1) is 0 Å². The van der Waals surface area contributed by atoms with Crippen molar-refractivity contribution in [2.24, 2.45) is 0 Å². The summed E-state index contributed by atoms with van der Waals surface area (Å²) in [5, 5.41) is 10.2. The van der Waals surface area contributed by atoms with E-state index in [1.807, 2.05) is 0 Å². The van der Waals surface area contributed by atoms with Gasteiger partial charge in [0.25, 0.3) is 0 Å². The summed E-state index contributed by atoms with van der Waals surface area (Å²) in [5.41, 5.74) is 8.61. The van der Waals surface area contributed by atoms with Crippen LogP contribution in [0.4, 0.5) is 0 Å². The van der Waals surface area contributed by atoms with E-state index in [-0.39, 0.29) is 0 Å². The Morgan fingerprint density at radius 2 is 0.837 bits per heavy atom. The van der Waals surface area contributed by atoms with Crippen molar-refractivity contribution in [3.05, 3.63) is 164 Å². The fraction of sp³-hybridized carbons (Fsp3) is 0. The lowest BCUT2D eigenvalue weighted by molar-refractivity contribution is 1.18. The molecule has 1 heterocycles. The van der Waals surface area contributed by atoms with Crippen LogP contribution in [0.25, 0.3) is 82.1 Å². The van der Waals surface area contributed by atoms with E-state index in [0.717, 1.165) is 0 Å². The highest BCUT2D eigenvalue weighted by atomic mass is 15.0. The van der Waals surface area contributed by atoms with Crippen molar-refractivity contribution >= 4 is 54.1 Å². The molecule has 0 unspecified atom stereocenters. The number of para-hydroxylation sites is 2. The average Bonchev–Trinajstić information content (AvgIpc) is 3.42. The first kappa shape index (κ1) is 24.0. The molecule has 1 heteroatoms. The second-order valence-corrected chi connectivity index (χ2v) is 11.4. The monoisotopic (exact) mass is 545 g/mol. The van der Waals surface area contributed by atoms with E-state index >= 15 is 0 Å². The summed E-state index contributed by atoms with van der Waals surface area (Å²) >= 11 is 0. The van der Waals surface area contributed by atoms with Crippen LogP contribution in [0.1, 0.15) is 0 Å². The quantitative estimate of drug-likeness (QED) is 0.208. The van der Waals surface area contributed by atoms with Gasteiger partial charge in [0.15, 0.2) is 0 Å². The van der Waals surface area contributed by atoms with E-state index in [0.29, 0.717) is 0 Å². The molecule has 1 nitrogen and oxygen atoms in total. The number of hydrogen-bond donors (Lipinski definition) is 0. The molecule has 0 N–H and O–H groups in total. The van der Waals surface area contributed by atoms with Crippen LogP contribution in [-0.4, -0.2) is 4.57 Å². The van der Waals surface area contributed by atoms with Gasteiger partial charge >= 0.3 is 0 Å². The summed E-state index contributed by atoms with van der Waals surface area (Å²) < 4.78 is 2.38. The molecule has 0 fully saturated rings. The lowest BCUT2D eigenvalue weighted by atomic mass is 9.95. The zero-order chi connectivity index (χ0) is 28.3. The van der Waals surface area contributed by atoms with Crippen molar-refractivity contribution in [3.8, 4) is 27.9 Å². The van der Waals surface area contributed by atoms with E-state index in [1.165, 1.54) is 82.1 Å². The Morgan fingerprint density at radius 1 is 0.302 bits per heavy atom. The second kappa shape index (κ2) is 9.44. The van der Waals surface area contributed by atoms with Gasteiger partial charge in [-0.05, 0) is 103 Å². The van der Waals surface area contributed by atoms with Gasteiger partial charge in [0.05, 0.1) is 11.0 Å². The van der Waals surface area contributed by atoms with Gasteiger partial charge in [-0.2, -0.15) is 0 Å². The normalized spacial score (nSPS) is 11.7. The molecule has 1 aromatic heterocycles. The SMILES string of the molecule is c1ccc(-n2c3ccccc3c3c4ccc(-c5ccc6ccc(-c7ccc8ccccc8c7)cc6c5)cc4ccc32)cc1. The standard InChI is InChI=1S/C42H27N/c1-2-10-37(11-3-1)43-40-13-7-6-12-39(40)42-38-22-20-34(25-35(38)21-23-41(42)43)33-19-16-29-15-18-32(26-36(29)27-33)31-17-14-28-8-4-5-9-30(28)24-31/h1-27H. The maximum atomic E-state index is 2.38. The molecule has 0 saturated heterocycles. The van der Waals surface area contributed by atoms with Crippen molar-refractivity contribution in [1.29, 1.82) is 0 Å². The Balaban J connectivity index is 1.17. The number of aromatic nitrogens is 1. The predicted octanol–water partition coefficient (Wildman–Crippen LogP) is 11.6. The van der Waals surface area contributed by atoms with Crippen molar-refractivity contribution in [3.63, 3.8) is 0 Å². The van der Waals surface area contributed by atoms with E-state index in [1.54, 1.807) is 0 Å². The first-order chi connectivity index (χ1) is 21.3. The van der Waals surface area contributed by atoms with Crippen LogP contribution in [0, 0.1) is 0 Å². The zero-order valence-electron chi connectivity index (χ0n) is 23.5. The Bertz CT molecular complexity index is 2500. The molecule has 0 amide bonds. The molecule has 8 aromatic carbocycles. The minimum atomic E-state index is 1.18. The lowest BCUT2D eigenvalue weighted by Crippen LogP contribution is -1.92. The number of hydrogen-bond acceptors (Lipinski definition) is 0. The van der Waals surface area contributed by atoms with E-state index in [4.69, 9.17) is 0 Å².